The van der Waals surface area contributed by atoms with Crippen molar-refractivity contribution in [2.45, 2.75) is 18.9 Å². The smallest absolute Gasteiger partial charge is 0.259 e. The Kier molecular flexibility index (Phi) is 3.03. The summed E-state index contributed by atoms with van der Waals surface area (Å²) < 4.78 is 13.3. The third-order valence-corrected chi connectivity index (χ3v) is 2.83. The summed E-state index contributed by atoms with van der Waals surface area (Å²) in [6.07, 6.45) is 2.49. The summed E-state index contributed by atoms with van der Waals surface area (Å²) >= 11 is 0. The summed E-state index contributed by atoms with van der Waals surface area (Å²) in [5, 5.41) is 0. The lowest BCUT2D eigenvalue weighted by atomic mass is 10.2. The van der Waals surface area contributed by atoms with Gasteiger partial charge in [-0.2, -0.15) is 4.39 Å². The molecule has 2 N–H and O–H groups in total. The molecule has 5 nitrogen and oxygen atoms in total. The molecule has 0 aliphatic carbocycles. The van der Waals surface area contributed by atoms with Gasteiger partial charge in [-0.15, -0.1) is 0 Å². The number of halogens is 1. The number of carbonyl (C=O) groups is 2. The molecule has 2 heterocycles. The predicted molar refractivity (Wildman–Crippen MR) is 57.4 cm³/mol. The van der Waals surface area contributed by atoms with E-state index >= 15 is 0 Å². The van der Waals surface area contributed by atoms with Crippen LogP contribution < -0.4 is 5.73 Å². The molecular formula is C11H12FN3O2. The molecule has 1 aromatic rings. The number of carbonyl (C=O) groups excluding carboxylic acids is 2. The first-order chi connectivity index (χ1) is 8.11. The van der Waals surface area contributed by atoms with E-state index in [1.54, 1.807) is 0 Å². The van der Waals surface area contributed by atoms with Crippen LogP contribution in [0.2, 0.25) is 0 Å². The molecule has 1 aliphatic heterocycles. The summed E-state index contributed by atoms with van der Waals surface area (Å²) in [5.41, 5.74) is 5.08. The van der Waals surface area contributed by atoms with Gasteiger partial charge in [0.25, 0.3) is 5.91 Å². The average molecular weight is 237 g/mol. The van der Waals surface area contributed by atoms with Gasteiger partial charge < -0.3 is 10.6 Å². The Morgan fingerprint density at radius 3 is 2.94 bits per heavy atom. The second kappa shape index (κ2) is 4.48. The molecule has 1 atom stereocenters. The van der Waals surface area contributed by atoms with Crippen LogP contribution in [-0.2, 0) is 4.79 Å². The lowest BCUT2D eigenvalue weighted by molar-refractivity contribution is -0.121. The van der Waals surface area contributed by atoms with Crippen molar-refractivity contribution in [3.8, 4) is 0 Å². The van der Waals surface area contributed by atoms with Crippen LogP contribution in [0.15, 0.2) is 18.3 Å². The Balaban J connectivity index is 2.26. The molecule has 0 spiro atoms. The average Bonchev–Trinajstić information content (AvgIpc) is 2.77. The zero-order valence-electron chi connectivity index (χ0n) is 9.10. The minimum absolute atomic E-state index is 0.124. The number of hydrogen-bond donors (Lipinski definition) is 1. The van der Waals surface area contributed by atoms with Crippen LogP contribution in [0.5, 0.6) is 0 Å². The molecule has 17 heavy (non-hydrogen) atoms. The lowest BCUT2D eigenvalue weighted by Crippen LogP contribution is -2.44. The van der Waals surface area contributed by atoms with E-state index in [0.29, 0.717) is 19.4 Å². The van der Waals surface area contributed by atoms with Gasteiger partial charge in [-0.25, -0.2) is 4.98 Å². The summed E-state index contributed by atoms with van der Waals surface area (Å²) in [6, 6.07) is 2.19. The van der Waals surface area contributed by atoms with Crippen molar-refractivity contribution in [3.63, 3.8) is 0 Å². The molecule has 90 valence electrons. The first-order valence-corrected chi connectivity index (χ1v) is 5.32. The first-order valence-electron chi connectivity index (χ1n) is 5.32. The minimum Gasteiger partial charge on any atom is -0.368 e. The number of rotatable bonds is 2. The van der Waals surface area contributed by atoms with Crippen LogP contribution in [0.3, 0.4) is 0 Å². The van der Waals surface area contributed by atoms with Crippen LogP contribution in [0.1, 0.15) is 23.2 Å². The Bertz CT molecular complexity index is 464. The highest BCUT2D eigenvalue weighted by molar-refractivity contribution is 5.97. The minimum atomic E-state index is -0.826. The molecule has 2 rings (SSSR count). The van der Waals surface area contributed by atoms with Crippen LogP contribution >= 0.6 is 0 Å². The largest absolute Gasteiger partial charge is 0.368 e. The van der Waals surface area contributed by atoms with Crippen LogP contribution in [-0.4, -0.2) is 34.3 Å². The fourth-order valence-electron chi connectivity index (χ4n) is 2.01. The molecule has 1 unspecified atom stereocenters. The van der Waals surface area contributed by atoms with Gasteiger partial charge in [-0.3, -0.25) is 9.59 Å². The Morgan fingerprint density at radius 2 is 2.29 bits per heavy atom. The van der Waals surface area contributed by atoms with Crippen molar-refractivity contribution >= 4 is 11.8 Å². The number of nitrogens with zero attached hydrogens (tertiary/aromatic N) is 2. The standard InChI is InChI=1S/C11H12FN3O2/c12-9-7(3-1-5-14-9)11(17)15-6-2-4-8(15)10(13)16/h1,3,5,8H,2,4,6H2,(H2,13,16). The number of likely N-dealkylation sites (tertiary alicyclic amines) is 1. The second-order valence-corrected chi connectivity index (χ2v) is 3.90. The molecule has 1 aromatic heterocycles. The molecule has 1 saturated heterocycles. The highest BCUT2D eigenvalue weighted by Gasteiger charge is 2.34. The van der Waals surface area contributed by atoms with E-state index in [-0.39, 0.29) is 5.56 Å². The van der Waals surface area contributed by atoms with Crippen LogP contribution in [0.4, 0.5) is 4.39 Å². The number of primary amides is 1. The Labute approximate surface area is 97.4 Å². The van der Waals surface area contributed by atoms with E-state index in [1.807, 2.05) is 0 Å². The summed E-state index contributed by atoms with van der Waals surface area (Å²) in [4.78, 5) is 27.9. The molecule has 0 saturated carbocycles. The van der Waals surface area contributed by atoms with Gasteiger partial charge in [0.15, 0.2) is 0 Å². The van der Waals surface area contributed by atoms with Crippen molar-refractivity contribution in [1.82, 2.24) is 9.88 Å². The molecule has 2 amide bonds. The van der Waals surface area contributed by atoms with Gasteiger partial charge in [0.2, 0.25) is 11.9 Å². The fourth-order valence-corrected chi connectivity index (χ4v) is 2.01. The topological polar surface area (TPSA) is 76.3 Å². The van der Waals surface area contributed by atoms with Gasteiger partial charge >= 0.3 is 0 Å². The van der Waals surface area contributed by atoms with Gasteiger partial charge in [-0.1, -0.05) is 0 Å². The number of aromatic nitrogens is 1. The first kappa shape index (κ1) is 11.5. The van der Waals surface area contributed by atoms with Crippen molar-refractivity contribution in [2.75, 3.05) is 6.54 Å². The van der Waals surface area contributed by atoms with Crippen molar-refractivity contribution in [3.05, 3.63) is 29.8 Å². The van der Waals surface area contributed by atoms with Crippen molar-refractivity contribution < 1.29 is 14.0 Å². The van der Waals surface area contributed by atoms with Crippen LogP contribution in [0.25, 0.3) is 0 Å². The molecule has 6 heteroatoms. The monoisotopic (exact) mass is 237 g/mol. The second-order valence-electron chi connectivity index (χ2n) is 3.90. The number of nitrogens with two attached hydrogens (primary N) is 1. The molecule has 1 fully saturated rings. The van der Waals surface area contributed by atoms with E-state index in [0.717, 1.165) is 0 Å². The van der Waals surface area contributed by atoms with E-state index in [2.05, 4.69) is 4.98 Å². The van der Waals surface area contributed by atoms with Crippen LogP contribution in [0, 0.1) is 5.95 Å². The van der Waals surface area contributed by atoms with Crippen molar-refractivity contribution in [2.24, 2.45) is 5.73 Å². The molecular weight excluding hydrogens is 225 g/mol. The van der Waals surface area contributed by atoms with Gasteiger partial charge in [0.1, 0.15) is 6.04 Å². The van der Waals surface area contributed by atoms with E-state index in [4.69, 9.17) is 5.73 Å². The number of hydrogen-bond acceptors (Lipinski definition) is 3. The zero-order valence-corrected chi connectivity index (χ0v) is 9.10. The highest BCUT2D eigenvalue weighted by atomic mass is 19.1. The zero-order chi connectivity index (χ0) is 12.4. The summed E-state index contributed by atoms with van der Waals surface area (Å²) in [7, 11) is 0. The van der Waals surface area contributed by atoms with E-state index in [9.17, 15) is 14.0 Å². The maximum Gasteiger partial charge on any atom is 0.259 e. The Morgan fingerprint density at radius 1 is 1.53 bits per heavy atom. The van der Waals surface area contributed by atoms with E-state index in [1.165, 1.54) is 23.2 Å². The maximum absolute atomic E-state index is 13.3. The molecule has 1 aliphatic rings. The summed E-state index contributed by atoms with van der Waals surface area (Å²) in [6.45, 7) is 0.417. The highest BCUT2D eigenvalue weighted by Crippen LogP contribution is 2.20. The van der Waals surface area contributed by atoms with E-state index < -0.39 is 23.8 Å². The summed E-state index contributed by atoms with van der Waals surface area (Å²) in [5.74, 6) is -1.91. The maximum atomic E-state index is 13.3. The third kappa shape index (κ3) is 2.11. The lowest BCUT2D eigenvalue weighted by Gasteiger charge is -2.22. The van der Waals surface area contributed by atoms with Gasteiger partial charge in [0, 0.05) is 12.7 Å². The number of amides is 2. The molecule has 0 aromatic carbocycles. The SMILES string of the molecule is NC(=O)C1CCCN1C(=O)c1cccnc1F. The van der Waals surface area contributed by atoms with Gasteiger partial charge in [-0.05, 0) is 25.0 Å². The number of pyridine rings is 1. The normalized spacial score (nSPS) is 19.4. The Hall–Kier alpha value is -1.98. The fraction of sp³-hybridized carbons (Fsp3) is 0.364. The molecule has 0 radical (unpaired) electrons. The quantitative estimate of drug-likeness (QED) is 0.752. The van der Waals surface area contributed by atoms with Crippen molar-refractivity contribution in [1.29, 1.82) is 0 Å². The third-order valence-electron chi connectivity index (χ3n) is 2.83. The van der Waals surface area contributed by atoms with Gasteiger partial charge in [0.05, 0.1) is 5.56 Å². The predicted octanol–water partition coefficient (Wildman–Crippen LogP) is 0.311. The molecule has 0 bridgehead atoms.